The van der Waals surface area contributed by atoms with Crippen LogP contribution in [-0.2, 0) is 4.79 Å². The third-order valence-corrected chi connectivity index (χ3v) is 4.17. The van der Waals surface area contributed by atoms with Crippen molar-refractivity contribution in [3.63, 3.8) is 0 Å². The molecular weight excluding hydrogens is 262 g/mol. The second-order valence-electron chi connectivity index (χ2n) is 3.02. The maximum absolute atomic E-state index is 11.6. The molecule has 1 aliphatic rings. The van der Waals surface area contributed by atoms with Crippen LogP contribution in [-0.4, -0.2) is 15.7 Å². The minimum atomic E-state index is -0.0238. The van der Waals surface area contributed by atoms with E-state index in [1.807, 2.05) is 24.5 Å². The first kappa shape index (κ1) is 11.8. The van der Waals surface area contributed by atoms with Gasteiger partial charge in [0.05, 0.1) is 0 Å². The number of benzene rings is 1. The second kappa shape index (κ2) is 5.08. The Balaban J connectivity index is 2.35. The summed E-state index contributed by atoms with van der Waals surface area (Å²) in [4.78, 5) is 15.8. The van der Waals surface area contributed by atoms with E-state index in [-0.39, 0.29) is 5.12 Å². The highest BCUT2D eigenvalue weighted by atomic mass is 35.5. The minimum Gasteiger partial charge on any atom is -0.279 e. The number of halogens is 1. The van der Waals surface area contributed by atoms with Gasteiger partial charge in [-0.2, -0.15) is 0 Å². The lowest BCUT2D eigenvalue weighted by Gasteiger charge is -1.96. The van der Waals surface area contributed by atoms with Crippen LogP contribution in [0.2, 0.25) is 5.02 Å². The Labute approximate surface area is 107 Å². The highest BCUT2D eigenvalue weighted by Gasteiger charge is 2.21. The second-order valence-corrected chi connectivity index (χ2v) is 5.44. The summed E-state index contributed by atoms with van der Waals surface area (Å²) >= 11 is 8.64. The summed E-state index contributed by atoms with van der Waals surface area (Å²) in [5.74, 6) is 0. The normalized spacial score (nSPS) is 18.0. The molecule has 0 fully saturated rings. The molecule has 0 unspecified atom stereocenters. The van der Waals surface area contributed by atoms with Gasteiger partial charge in [-0.25, -0.2) is 4.99 Å². The Morgan fingerprint density at radius 1 is 1.44 bits per heavy atom. The van der Waals surface area contributed by atoms with E-state index in [2.05, 4.69) is 4.99 Å². The smallest absolute Gasteiger partial charge is 0.244 e. The van der Waals surface area contributed by atoms with E-state index in [9.17, 15) is 4.79 Å². The van der Waals surface area contributed by atoms with Gasteiger partial charge in [0.2, 0.25) is 5.12 Å². The summed E-state index contributed by atoms with van der Waals surface area (Å²) in [5.41, 5.74) is 1.28. The highest BCUT2D eigenvalue weighted by Crippen LogP contribution is 2.30. The number of aliphatic imine (C=N–C) groups is 1. The number of hydrogen-bond donors (Lipinski definition) is 0. The van der Waals surface area contributed by atoms with Crippen molar-refractivity contribution in [3.8, 4) is 0 Å². The topological polar surface area (TPSA) is 29.4 Å². The molecule has 1 heterocycles. The zero-order valence-electron chi connectivity index (χ0n) is 8.44. The predicted octanol–water partition coefficient (Wildman–Crippen LogP) is 3.67. The summed E-state index contributed by atoms with van der Waals surface area (Å²) < 4.78 is 0.781. The van der Waals surface area contributed by atoms with Gasteiger partial charge in [-0.05, 0) is 35.7 Å². The van der Waals surface area contributed by atoms with Gasteiger partial charge in [-0.15, -0.1) is 11.8 Å². The molecule has 0 saturated heterocycles. The van der Waals surface area contributed by atoms with E-state index >= 15 is 0 Å². The van der Waals surface area contributed by atoms with Crippen LogP contribution in [0.4, 0.5) is 0 Å². The zero-order chi connectivity index (χ0) is 11.5. The third kappa shape index (κ3) is 2.51. The lowest BCUT2D eigenvalue weighted by Crippen LogP contribution is -1.88. The van der Waals surface area contributed by atoms with Gasteiger partial charge in [0.25, 0.3) is 0 Å². The van der Waals surface area contributed by atoms with Crippen molar-refractivity contribution in [3.05, 3.63) is 40.5 Å². The number of thioether (sulfide) groups is 2. The molecule has 0 radical (unpaired) electrons. The van der Waals surface area contributed by atoms with Crippen LogP contribution >= 0.6 is 35.1 Å². The number of rotatable bonds is 1. The van der Waals surface area contributed by atoms with E-state index in [1.54, 1.807) is 12.1 Å². The monoisotopic (exact) mass is 269 g/mol. The van der Waals surface area contributed by atoms with E-state index in [0.717, 1.165) is 21.7 Å². The number of hydrogen-bond acceptors (Lipinski definition) is 4. The standard InChI is InChI=1S/C11H8ClNOS2/c1-15-11-13-9(10(14)16-11)6-7-4-2-3-5-8(7)12/h2-6H,1H3/b9-6+. The lowest BCUT2D eigenvalue weighted by atomic mass is 10.2. The maximum atomic E-state index is 11.6. The van der Waals surface area contributed by atoms with Crippen LogP contribution < -0.4 is 0 Å². The molecule has 1 aromatic rings. The minimum absolute atomic E-state index is 0.0238. The predicted molar refractivity (Wildman–Crippen MR) is 73.0 cm³/mol. The Morgan fingerprint density at radius 3 is 2.81 bits per heavy atom. The summed E-state index contributed by atoms with van der Waals surface area (Å²) in [6.45, 7) is 0. The molecular formula is C11H8ClNOS2. The number of nitrogens with zero attached hydrogens (tertiary/aromatic N) is 1. The van der Waals surface area contributed by atoms with Crippen molar-refractivity contribution >= 4 is 50.7 Å². The summed E-state index contributed by atoms with van der Waals surface area (Å²) in [5, 5.41) is 0.602. The zero-order valence-corrected chi connectivity index (χ0v) is 10.8. The molecule has 0 aromatic heterocycles. The molecule has 0 saturated carbocycles. The number of carbonyl (C=O) groups excluding carboxylic acids is 1. The first-order valence-corrected chi connectivity index (χ1v) is 6.93. The van der Waals surface area contributed by atoms with Crippen LogP contribution in [0.1, 0.15) is 5.56 Å². The van der Waals surface area contributed by atoms with Crippen LogP contribution in [0.25, 0.3) is 6.08 Å². The van der Waals surface area contributed by atoms with Gasteiger partial charge in [-0.1, -0.05) is 29.8 Å². The third-order valence-electron chi connectivity index (χ3n) is 1.97. The van der Waals surface area contributed by atoms with Gasteiger partial charge in [0.1, 0.15) is 10.1 Å². The Morgan fingerprint density at radius 2 is 2.19 bits per heavy atom. The first-order chi connectivity index (χ1) is 7.70. The average molecular weight is 270 g/mol. The fourth-order valence-corrected chi connectivity index (χ4v) is 2.67. The molecule has 1 aliphatic heterocycles. The van der Waals surface area contributed by atoms with Crippen LogP contribution in [0.15, 0.2) is 35.0 Å². The van der Waals surface area contributed by atoms with Crippen molar-refractivity contribution in [1.29, 1.82) is 0 Å². The SMILES string of the molecule is CSC1=N/C(=C/c2ccccc2Cl)C(=O)S1. The van der Waals surface area contributed by atoms with Gasteiger partial charge in [0, 0.05) is 5.02 Å². The van der Waals surface area contributed by atoms with Crippen molar-refractivity contribution in [2.75, 3.05) is 6.26 Å². The van der Waals surface area contributed by atoms with Crippen LogP contribution in [0.5, 0.6) is 0 Å². The molecule has 1 aromatic carbocycles. The first-order valence-electron chi connectivity index (χ1n) is 4.52. The van der Waals surface area contributed by atoms with Gasteiger partial charge in [0.15, 0.2) is 0 Å². The van der Waals surface area contributed by atoms with Crippen molar-refractivity contribution in [2.45, 2.75) is 0 Å². The largest absolute Gasteiger partial charge is 0.279 e. The van der Waals surface area contributed by atoms with Gasteiger partial charge < -0.3 is 0 Å². The lowest BCUT2D eigenvalue weighted by molar-refractivity contribution is -0.107. The van der Waals surface area contributed by atoms with Crippen molar-refractivity contribution in [1.82, 2.24) is 0 Å². The molecule has 2 rings (SSSR count). The Bertz CT molecular complexity index is 497. The molecule has 82 valence electrons. The highest BCUT2D eigenvalue weighted by molar-refractivity contribution is 8.45. The summed E-state index contributed by atoms with van der Waals surface area (Å²) in [6, 6.07) is 7.38. The van der Waals surface area contributed by atoms with E-state index in [0.29, 0.717) is 10.7 Å². The maximum Gasteiger partial charge on any atom is 0.244 e. The Hall–Kier alpha value is -0.710. The fraction of sp³-hybridized carbons (Fsp3) is 0.0909. The fourth-order valence-electron chi connectivity index (χ4n) is 1.22. The van der Waals surface area contributed by atoms with Gasteiger partial charge in [-0.3, -0.25) is 4.79 Å². The molecule has 0 bridgehead atoms. The average Bonchev–Trinajstić information content (AvgIpc) is 2.63. The van der Waals surface area contributed by atoms with Crippen molar-refractivity contribution in [2.24, 2.45) is 4.99 Å². The molecule has 0 amide bonds. The molecule has 0 N–H and O–H groups in total. The summed E-state index contributed by atoms with van der Waals surface area (Å²) in [7, 11) is 0. The van der Waals surface area contributed by atoms with E-state index < -0.39 is 0 Å². The van der Waals surface area contributed by atoms with E-state index in [1.165, 1.54) is 11.8 Å². The number of carbonyl (C=O) groups is 1. The van der Waals surface area contributed by atoms with Crippen LogP contribution in [0.3, 0.4) is 0 Å². The summed E-state index contributed by atoms with van der Waals surface area (Å²) in [6.07, 6.45) is 3.62. The van der Waals surface area contributed by atoms with Gasteiger partial charge >= 0.3 is 0 Å². The quantitative estimate of drug-likeness (QED) is 0.729. The van der Waals surface area contributed by atoms with Crippen LogP contribution in [0, 0.1) is 0 Å². The molecule has 0 spiro atoms. The molecule has 0 atom stereocenters. The molecule has 0 aliphatic carbocycles. The Kier molecular flexibility index (Phi) is 3.74. The molecule has 16 heavy (non-hydrogen) atoms. The molecule has 2 nitrogen and oxygen atoms in total. The van der Waals surface area contributed by atoms with E-state index in [4.69, 9.17) is 11.6 Å². The van der Waals surface area contributed by atoms with Crippen molar-refractivity contribution < 1.29 is 4.79 Å². The molecule has 5 heteroatoms.